The van der Waals surface area contributed by atoms with Crippen molar-refractivity contribution in [1.29, 1.82) is 0 Å². The normalized spacial score (nSPS) is 17.6. The van der Waals surface area contributed by atoms with Crippen molar-refractivity contribution in [2.75, 3.05) is 0 Å². The van der Waals surface area contributed by atoms with Gasteiger partial charge in [0.25, 0.3) is 12.3 Å². The molecule has 0 saturated heterocycles. The third-order valence-electron chi connectivity index (χ3n) is 7.78. The minimum Gasteiger partial charge on any atom is -0.366 e. The van der Waals surface area contributed by atoms with Crippen LogP contribution in [0.4, 0.5) is 22.0 Å². The summed E-state index contributed by atoms with van der Waals surface area (Å²) in [6, 6.07) is 8.96. The molecule has 3 N–H and O–H groups in total. The predicted octanol–water partition coefficient (Wildman–Crippen LogP) is 5.16. The Morgan fingerprint density at radius 2 is 1.81 bits per heavy atom. The molecule has 1 saturated carbocycles. The summed E-state index contributed by atoms with van der Waals surface area (Å²) in [6.07, 6.45) is -0.0199. The first-order valence-corrected chi connectivity index (χ1v) is 13.3. The van der Waals surface area contributed by atoms with Crippen LogP contribution < -0.4 is 11.1 Å². The molecule has 1 fully saturated rings. The molecule has 1 unspecified atom stereocenters. The molecule has 2 aliphatic carbocycles. The molecule has 42 heavy (non-hydrogen) atoms. The van der Waals surface area contributed by atoms with Crippen molar-refractivity contribution in [3.63, 3.8) is 0 Å². The number of nitrogens with two attached hydrogens (primary N) is 1. The minimum absolute atomic E-state index is 0.0495. The Balaban J connectivity index is 1.35. The first-order chi connectivity index (χ1) is 20.1. The standard InChI is InChI=1S/C30H24F5N5O2/c31-17-6-14(7-18(32)12-17)8-23(27-19(2-1-5-37-27)15-3-4-22(33)21(9-15)30(36)42)38-25(41)13-40-24-11-16-10-20(16)26(24)28(39-40)29(34)35/h1-7,9,12,16,20,23,29H,8,10-11,13H2,(H2,36,42)(H,38,41)/t16?,20-,23-/m0/s1. The highest BCUT2D eigenvalue weighted by Gasteiger charge is 2.50. The van der Waals surface area contributed by atoms with Gasteiger partial charge in [-0.15, -0.1) is 0 Å². The smallest absolute Gasteiger partial charge is 0.282 e. The summed E-state index contributed by atoms with van der Waals surface area (Å²) in [5.74, 6) is -3.67. The van der Waals surface area contributed by atoms with Crippen molar-refractivity contribution >= 4 is 11.8 Å². The molecule has 0 aliphatic heterocycles. The number of hydrogen-bond acceptors (Lipinski definition) is 4. The Morgan fingerprint density at radius 1 is 1.05 bits per heavy atom. The molecule has 6 rings (SSSR count). The van der Waals surface area contributed by atoms with Crippen LogP contribution in [0.3, 0.4) is 0 Å². The molecule has 216 valence electrons. The van der Waals surface area contributed by atoms with E-state index in [4.69, 9.17) is 5.73 Å². The van der Waals surface area contributed by atoms with Gasteiger partial charge in [-0.1, -0.05) is 12.1 Å². The fourth-order valence-electron chi connectivity index (χ4n) is 5.90. The van der Waals surface area contributed by atoms with Crippen LogP contribution >= 0.6 is 0 Å². The first-order valence-electron chi connectivity index (χ1n) is 13.3. The van der Waals surface area contributed by atoms with Crippen LogP contribution in [0, 0.1) is 23.4 Å². The summed E-state index contributed by atoms with van der Waals surface area (Å²) in [5.41, 5.74) is 7.06. The summed E-state index contributed by atoms with van der Waals surface area (Å²) >= 11 is 0. The SMILES string of the molecule is NC(=O)c1cc(-c2cccnc2[C@H](Cc2cc(F)cc(F)c2)NC(=O)Cn2nc(C(F)F)c3c2CC2C[C@H]32)ccc1F. The lowest BCUT2D eigenvalue weighted by molar-refractivity contribution is -0.122. The Hall–Kier alpha value is -4.61. The van der Waals surface area contributed by atoms with Crippen LogP contribution in [0.5, 0.6) is 0 Å². The Morgan fingerprint density at radius 3 is 2.52 bits per heavy atom. The van der Waals surface area contributed by atoms with Crippen LogP contribution in [0.2, 0.25) is 0 Å². The molecule has 2 amide bonds. The van der Waals surface area contributed by atoms with Gasteiger partial charge >= 0.3 is 0 Å². The molecular weight excluding hydrogens is 557 g/mol. The fourth-order valence-corrected chi connectivity index (χ4v) is 5.90. The van der Waals surface area contributed by atoms with E-state index in [2.05, 4.69) is 15.4 Å². The second-order valence-electron chi connectivity index (χ2n) is 10.6. The van der Waals surface area contributed by atoms with Crippen LogP contribution in [-0.4, -0.2) is 26.6 Å². The van der Waals surface area contributed by atoms with E-state index in [1.807, 2.05) is 0 Å². The van der Waals surface area contributed by atoms with E-state index in [9.17, 15) is 31.5 Å². The number of alkyl halides is 2. The van der Waals surface area contributed by atoms with Gasteiger partial charge in [-0.05, 0) is 72.6 Å². The highest BCUT2D eigenvalue weighted by molar-refractivity contribution is 5.94. The highest BCUT2D eigenvalue weighted by atomic mass is 19.3. The van der Waals surface area contributed by atoms with Crippen LogP contribution in [0.15, 0.2) is 54.7 Å². The lowest BCUT2D eigenvalue weighted by atomic mass is 9.94. The summed E-state index contributed by atoms with van der Waals surface area (Å²) in [5, 5.41) is 6.87. The van der Waals surface area contributed by atoms with Gasteiger partial charge in [0.05, 0.1) is 17.3 Å². The van der Waals surface area contributed by atoms with E-state index < -0.39 is 41.7 Å². The highest BCUT2D eigenvalue weighted by Crippen LogP contribution is 2.58. The minimum atomic E-state index is -2.77. The van der Waals surface area contributed by atoms with E-state index >= 15 is 0 Å². The second kappa shape index (κ2) is 10.7. The van der Waals surface area contributed by atoms with Gasteiger partial charge in [0.1, 0.15) is 29.7 Å². The van der Waals surface area contributed by atoms with Crippen LogP contribution in [0.1, 0.15) is 63.4 Å². The molecule has 2 aromatic heterocycles. The zero-order valence-electron chi connectivity index (χ0n) is 22.0. The Labute approximate surface area is 236 Å². The molecule has 3 atom stereocenters. The maximum atomic E-state index is 14.2. The molecule has 4 aromatic rings. The van der Waals surface area contributed by atoms with Crippen molar-refractivity contribution < 1.29 is 31.5 Å². The van der Waals surface area contributed by atoms with Crippen LogP contribution in [-0.2, 0) is 24.2 Å². The van der Waals surface area contributed by atoms with Gasteiger partial charge in [-0.2, -0.15) is 5.10 Å². The van der Waals surface area contributed by atoms with Gasteiger partial charge in [-0.3, -0.25) is 19.3 Å². The average molecular weight is 582 g/mol. The maximum absolute atomic E-state index is 14.2. The molecule has 2 heterocycles. The van der Waals surface area contributed by atoms with Gasteiger partial charge in [0.2, 0.25) is 5.91 Å². The molecule has 0 bridgehead atoms. The number of benzene rings is 2. The van der Waals surface area contributed by atoms with Gasteiger partial charge in [0.15, 0.2) is 0 Å². The number of halogens is 5. The van der Waals surface area contributed by atoms with E-state index in [-0.39, 0.29) is 47.3 Å². The summed E-state index contributed by atoms with van der Waals surface area (Å²) in [4.78, 5) is 29.6. The van der Waals surface area contributed by atoms with E-state index in [0.29, 0.717) is 28.8 Å². The molecule has 0 radical (unpaired) electrons. The summed E-state index contributed by atoms with van der Waals surface area (Å²) in [6.45, 7) is -0.354. The second-order valence-corrected chi connectivity index (χ2v) is 10.6. The summed E-state index contributed by atoms with van der Waals surface area (Å²) < 4.78 is 71.1. The zero-order chi connectivity index (χ0) is 29.7. The van der Waals surface area contributed by atoms with Crippen molar-refractivity contribution in [1.82, 2.24) is 20.1 Å². The molecule has 7 nitrogen and oxygen atoms in total. The van der Waals surface area contributed by atoms with Crippen molar-refractivity contribution in [2.24, 2.45) is 11.7 Å². The molecule has 0 spiro atoms. The third kappa shape index (κ3) is 5.24. The summed E-state index contributed by atoms with van der Waals surface area (Å²) in [7, 11) is 0. The Bertz CT molecular complexity index is 1700. The number of nitrogens with zero attached hydrogens (tertiary/aromatic N) is 3. The van der Waals surface area contributed by atoms with Crippen molar-refractivity contribution in [2.45, 2.75) is 44.2 Å². The number of fused-ring (bicyclic) bond motifs is 3. The third-order valence-corrected chi connectivity index (χ3v) is 7.78. The number of hydrogen-bond donors (Lipinski definition) is 2. The lowest BCUT2D eigenvalue weighted by Crippen LogP contribution is -2.34. The van der Waals surface area contributed by atoms with Gasteiger partial charge in [-0.25, -0.2) is 22.0 Å². The molecule has 12 heteroatoms. The van der Waals surface area contributed by atoms with Crippen molar-refractivity contribution in [3.8, 4) is 11.1 Å². The number of carbonyl (C=O) groups is 2. The van der Waals surface area contributed by atoms with Crippen molar-refractivity contribution in [3.05, 3.63) is 106 Å². The van der Waals surface area contributed by atoms with Crippen LogP contribution in [0.25, 0.3) is 11.1 Å². The monoisotopic (exact) mass is 581 g/mol. The van der Waals surface area contributed by atoms with Gasteiger partial charge < -0.3 is 11.1 Å². The van der Waals surface area contributed by atoms with Gasteiger partial charge in [0, 0.05) is 29.1 Å². The van der Waals surface area contributed by atoms with E-state index in [0.717, 1.165) is 30.7 Å². The fraction of sp³-hybridized carbons (Fsp3) is 0.267. The number of amides is 2. The molecular formula is C30H24F5N5O2. The van der Waals surface area contributed by atoms with E-state index in [1.165, 1.54) is 23.0 Å². The number of carbonyl (C=O) groups excluding carboxylic acids is 2. The number of aromatic nitrogens is 3. The number of rotatable bonds is 9. The zero-order valence-corrected chi connectivity index (χ0v) is 22.0. The molecule has 2 aromatic carbocycles. The van der Waals surface area contributed by atoms with E-state index in [1.54, 1.807) is 12.1 Å². The average Bonchev–Trinajstić information content (AvgIpc) is 3.45. The first kappa shape index (κ1) is 27.6. The Kier molecular flexibility index (Phi) is 6.99. The molecule has 2 aliphatic rings. The maximum Gasteiger partial charge on any atom is 0.282 e. The lowest BCUT2D eigenvalue weighted by Gasteiger charge is -2.22. The predicted molar refractivity (Wildman–Crippen MR) is 141 cm³/mol. The number of primary amides is 1. The number of nitrogens with one attached hydrogen (secondary N) is 1. The quantitative estimate of drug-likeness (QED) is 0.267. The topological polar surface area (TPSA) is 103 Å². The largest absolute Gasteiger partial charge is 0.366 e. The number of pyridine rings is 1.